The van der Waals surface area contributed by atoms with Gasteiger partial charge in [0.05, 0.1) is 5.69 Å². The summed E-state index contributed by atoms with van der Waals surface area (Å²) in [5.74, 6) is -1.48. The van der Waals surface area contributed by atoms with Crippen LogP contribution in [0.2, 0.25) is 0 Å². The van der Waals surface area contributed by atoms with Gasteiger partial charge < -0.3 is 15.5 Å². The first-order chi connectivity index (χ1) is 9.40. The summed E-state index contributed by atoms with van der Waals surface area (Å²) in [5.41, 5.74) is 1.12. The summed E-state index contributed by atoms with van der Waals surface area (Å²) >= 11 is 0. The molecule has 7 heteroatoms. The number of rotatable bonds is 7. The molecule has 0 bridgehead atoms. The van der Waals surface area contributed by atoms with Gasteiger partial charge in [-0.25, -0.2) is 4.79 Å². The first-order valence-corrected chi connectivity index (χ1v) is 6.62. The lowest BCUT2D eigenvalue weighted by Gasteiger charge is -2.13. The fraction of sp³-hybridized carbons (Fsp3) is 0.615. The molecule has 0 aliphatic carbocycles. The second kappa shape index (κ2) is 7.04. The van der Waals surface area contributed by atoms with Crippen molar-refractivity contribution in [3.8, 4) is 0 Å². The highest BCUT2D eigenvalue weighted by Gasteiger charge is 2.23. The van der Waals surface area contributed by atoms with E-state index in [2.05, 4.69) is 10.4 Å². The third kappa shape index (κ3) is 3.80. The maximum absolute atomic E-state index is 12.1. The van der Waals surface area contributed by atoms with E-state index >= 15 is 0 Å². The van der Waals surface area contributed by atoms with Crippen LogP contribution in [-0.4, -0.2) is 44.5 Å². The molecule has 0 aromatic carbocycles. The largest absolute Gasteiger partial charge is 0.480 e. The Kier molecular flexibility index (Phi) is 5.69. The molecule has 0 saturated heterocycles. The Morgan fingerprint density at radius 1 is 1.45 bits per heavy atom. The predicted molar refractivity (Wildman–Crippen MR) is 72.6 cm³/mol. The van der Waals surface area contributed by atoms with Gasteiger partial charge >= 0.3 is 5.97 Å². The first kappa shape index (κ1) is 16.2. The van der Waals surface area contributed by atoms with Gasteiger partial charge in [0.2, 0.25) is 0 Å². The van der Waals surface area contributed by atoms with Crippen LogP contribution in [0.15, 0.2) is 6.07 Å². The molecule has 1 aromatic rings. The minimum atomic E-state index is -1.17. The standard InChI is InChI=1S/C13H21N3O4/c1-4-16-11(7-10(15-16)8(2)3)12(18)14-9(5-6-17)13(19)20/h7-9,17H,4-6H2,1-3H3,(H,14,18)(H,19,20)/t9-/m1/s1. The van der Waals surface area contributed by atoms with Crippen LogP contribution < -0.4 is 5.32 Å². The third-order valence-corrected chi connectivity index (χ3v) is 2.94. The number of carbonyl (C=O) groups is 2. The van der Waals surface area contributed by atoms with Crippen LogP contribution in [-0.2, 0) is 11.3 Å². The lowest BCUT2D eigenvalue weighted by atomic mass is 10.1. The van der Waals surface area contributed by atoms with Crippen molar-refractivity contribution in [3.63, 3.8) is 0 Å². The van der Waals surface area contributed by atoms with Gasteiger partial charge in [-0.1, -0.05) is 13.8 Å². The molecule has 1 rings (SSSR count). The summed E-state index contributed by atoms with van der Waals surface area (Å²) in [7, 11) is 0. The highest BCUT2D eigenvalue weighted by atomic mass is 16.4. The van der Waals surface area contributed by atoms with Crippen LogP contribution in [0.3, 0.4) is 0 Å². The SMILES string of the molecule is CCn1nc(C(C)C)cc1C(=O)N[C@H](CCO)C(=O)O. The average Bonchev–Trinajstić information content (AvgIpc) is 2.82. The molecule has 3 N–H and O–H groups in total. The van der Waals surface area contributed by atoms with E-state index in [0.717, 1.165) is 5.69 Å². The van der Waals surface area contributed by atoms with E-state index in [-0.39, 0.29) is 18.9 Å². The third-order valence-electron chi connectivity index (χ3n) is 2.94. The van der Waals surface area contributed by atoms with E-state index in [0.29, 0.717) is 12.2 Å². The van der Waals surface area contributed by atoms with Crippen LogP contribution in [0.25, 0.3) is 0 Å². The highest BCUT2D eigenvalue weighted by molar-refractivity contribution is 5.95. The molecule has 20 heavy (non-hydrogen) atoms. The molecular formula is C13H21N3O4. The first-order valence-electron chi connectivity index (χ1n) is 6.62. The van der Waals surface area contributed by atoms with Crippen molar-refractivity contribution >= 4 is 11.9 Å². The number of aromatic nitrogens is 2. The van der Waals surface area contributed by atoms with Crippen molar-refractivity contribution in [3.05, 3.63) is 17.5 Å². The zero-order valence-corrected chi connectivity index (χ0v) is 12.0. The fourth-order valence-electron chi connectivity index (χ4n) is 1.76. The summed E-state index contributed by atoms with van der Waals surface area (Å²) in [6, 6.07) is 0.566. The number of aliphatic hydroxyl groups is 1. The minimum absolute atomic E-state index is 0.0294. The number of carboxylic acid groups (broad SMARTS) is 1. The van der Waals surface area contributed by atoms with Crippen molar-refractivity contribution in [2.75, 3.05) is 6.61 Å². The maximum Gasteiger partial charge on any atom is 0.326 e. The van der Waals surface area contributed by atoms with E-state index < -0.39 is 17.9 Å². The summed E-state index contributed by atoms with van der Waals surface area (Å²) in [4.78, 5) is 23.1. The number of nitrogens with one attached hydrogen (secondary N) is 1. The molecule has 0 aliphatic rings. The van der Waals surface area contributed by atoms with Gasteiger partial charge in [0.1, 0.15) is 11.7 Å². The quantitative estimate of drug-likeness (QED) is 0.679. The molecule has 7 nitrogen and oxygen atoms in total. The molecule has 0 saturated carbocycles. The van der Waals surface area contributed by atoms with Crippen molar-refractivity contribution < 1.29 is 19.8 Å². The Morgan fingerprint density at radius 2 is 2.10 bits per heavy atom. The molecule has 1 heterocycles. The molecule has 0 aliphatic heterocycles. The van der Waals surface area contributed by atoms with Gasteiger partial charge in [-0.3, -0.25) is 9.48 Å². The van der Waals surface area contributed by atoms with E-state index in [4.69, 9.17) is 10.2 Å². The molecule has 0 radical (unpaired) electrons. The zero-order valence-electron chi connectivity index (χ0n) is 12.0. The smallest absolute Gasteiger partial charge is 0.326 e. The van der Waals surface area contributed by atoms with E-state index in [1.165, 1.54) is 0 Å². The van der Waals surface area contributed by atoms with Gasteiger partial charge in [-0.2, -0.15) is 5.10 Å². The van der Waals surface area contributed by atoms with Gasteiger partial charge in [-0.05, 0) is 18.9 Å². The lowest BCUT2D eigenvalue weighted by molar-refractivity contribution is -0.139. The Labute approximate surface area is 117 Å². The number of aliphatic carboxylic acids is 1. The number of aliphatic hydroxyl groups excluding tert-OH is 1. The topological polar surface area (TPSA) is 104 Å². The minimum Gasteiger partial charge on any atom is -0.480 e. The number of carboxylic acids is 1. The number of hydrogen-bond acceptors (Lipinski definition) is 4. The second-order valence-electron chi connectivity index (χ2n) is 4.80. The van der Waals surface area contributed by atoms with Crippen molar-refractivity contribution in [2.24, 2.45) is 0 Å². The fourth-order valence-corrected chi connectivity index (χ4v) is 1.76. The number of amides is 1. The Bertz CT molecular complexity index is 482. The zero-order chi connectivity index (χ0) is 15.3. The molecule has 1 amide bonds. The van der Waals surface area contributed by atoms with Crippen molar-refractivity contribution in [1.82, 2.24) is 15.1 Å². The molecule has 1 aromatic heterocycles. The van der Waals surface area contributed by atoms with Crippen LogP contribution in [0.5, 0.6) is 0 Å². The molecular weight excluding hydrogens is 262 g/mol. The van der Waals surface area contributed by atoms with Crippen LogP contribution in [0.1, 0.15) is 49.3 Å². The number of hydrogen-bond donors (Lipinski definition) is 3. The summed E-state index contributed by atoms with van der Waals surface area (Å²) in [6.45, 7) is 6.01. The average molecular weight is 283 g/mol. The normalized spacial score (nSPS) is 12.4. The Hall–Kier alpha value is -1.89. The highest BCUT2D eigenvalue weighted by Crippen LogP contribution is 2.14. The molecule has 112 valence electrons. The molecule has 0 unspecified atom stereocenters. The summed E-state index contributed by atoms with van der Waals surface area (Å²) in [6.07, 6.45) is -0.0294. The van der Waals surface area contributed by atoms with Gasteiger partial charge in [-0.15, -0.1) is 0 Å². The van der Waals surface area contributed by atoms with Gasteiger partial charge in [0.25, 0.3) is 5.91 Å². The molecule has 0 spiro atoms. The molecule has 1 atom stereocenters. The van der Waals surface area contributed by atoms with Crippen LogP contribution in [0, 0.1) is 0 Å². The number of carbonyl (C=O) groups excluding carboxylic acids is 1. The lowest BCUT2D eigenvalue weighted by Crippen LogP contribution is -2.42. The van der Waals surface area contributed by atoms with E-state index in [1.54, 1.807) is 10.7 Å². The van der Waals surface area contributed by atoms with Crippen LogP contribution >= 0.6 is 0 Å². The van der Waals surface area contributed by atoms with Crippen LogP contribution in [0.4, 0.5) is 0 Å². The second-order valence-corrected chi connectivity index (χ2v) is 4.80. The maximum atomic E-state index is 12.1. The van der Waals surface area contributed by atoms with Crippen molar-refractivity contribution in [2.45, 2.75) is 45.7 Å². The number of nitrogens with zero attached hydrogens (tertiary/aromatic N) is 2. The van der Waals surface area contributed by atoms with Gasteiger partial charge in [0.15, 0.2) is 0 Å². The van der Waals surface area contributed by atoms with E-state index in [1.807, 2.05) is 20.8 Å². The predicted octanol–water partition coefficient (Wildman–Crippen LogP) is 0.592. The number of aryl methyl sites for hydroxylation is 1. The monoisotopic (exact) mass is 283 g/mol. The molecule has 0 fully saturated rings. The summed E-state index contributed by atoms with van der Waals surface area (Å²) < 4.78 is 1.54. The summed E-state index contributed by atoms with van der Waals surface area (Å²) in [5, 5.41) is 24.5. The Morgan fingerprint density at radius 3 is 2.55 bits per heavy atom. The van der Waals surface area contributed by atoms with Crippen molar-refractivity contribution in [1.29, 1.82) is 0 Å². The van der Waals surface area contributed by atoms with Gasteiger partial charge in [0, 0.05) is 19.6 Å². The Balaban J connectivity index is 2.93. The van der Waals surface area contributed by atoms with E-state index in [9.17, 15) is 9.59 Å².